The fraction of sp³-hybridized carbons (Fsp3) is 0.889. The van der Waals surface area contributed by atoms with Gasteiger partial charge in [-0.15, -0.1) is 0 Å². The largest absolute Gasteiger partial charge is 0.355 e. The van der Waals surface area contributed by atoms with Crippen LogP contribution < -0.4 is 15.4 Å². The van der Waals surface area contributed by atoms with Crippen LogP contribution in [0.25, 0.3) is 0 Å². The van der Waals surface area contributed by atoms with E-state index >= 15 is 0 Å². The normalized spacial score (nSPS) is 25.6. The summed E-state index contributed by atoms with van der Waals surface area (Å²) in [4.78, 5) is 11.7. The summed E-state index contributed by atoms with van der Waals surface area (Å²) >= 11 is 0. The van der Waals surface area contributed by atoms with Crippen LogP contribution in [0.2, 0.25) is 0 Å². The van der Waals surface area contributed by atoms with Crippen molar-refractivity contribution in [2.45, 2.75) is 6.92 Å². The minimum atomic E-state index is -3.23. The van der Waals surface area contributed by atoms with Gasteiger partial charge in [0, 0.05) is 13.1 Å². The van der Waals surface area contributed by atoms with Crippen molar-refractivity contribution in [3.8, 4) is 0 Å². The summed E-state index contributed by atoms with van der Waals surface area (Å²) in [7, 11) is -1.87. The molecule has 0 saturated carbocycles. The molecule has 0 aromatic rings. The fourth-order valence-corrected chi connectivity index (χ4v) is 2.28. The highest BCUT2D eigenvalue weighted by Crippen LogP contribution is 2.15. The predicted molar refractivity (Wildman–Crippen MR) is 61.4 cm³/mol. The molecule has 0 aliphatic carbocycles. The van der Waals surface area contributed by atoms with Crippen LogP contribution in [0, 0.1) is 11.8 Å². The van der Waals surface area contributed by atoms with E-state index in [0.29, 0.717) is 12.5 Å². The summed E-state index contributed by atoms with van der Waals surface area (Å²) in [5.41, 5.74) is 0. The molecule has 1 aliphatic heterocycles. The zero-order valence-electron chi connectivity index (χ0n) is 9.62. The van der Waals surface area contributed by atoms with Crippen molar-refractivity contribution in [3.05, 3.63) is 0 Å². The Kier molecular flexibility index (Phi) is 4.69. The van der Waals surface area contributed by atoms with Gasteiger partial charge in [0.05, 0.1) is 11.7 Å². The average Bonchev–Trinajstić information content (AvgIpc) is 2.64. The molecule has 6 nitrogen and oxygen atoms in total. The number of nitrogens with one attached hydrogen (secondary N) is 3. The minimum Gasteiger partial charge on any atom is -0.355 e. The van der Waals surface area contributed by atoms with E-state index < -0.39 is 10.0 Å². The number of sulfonamides is 1. The van der Waals surface area contributed by atoms with Crippen LogP contribution in [-0.2, 0) is 14.8 Å². The van der Waals surface area contributed by atoms with Crippen LogP contribution in [0.1, 0.15) is 6.92 Å². The SMILES string of the molecule is CNS(=O)(=O)CCNC(=O)C1CNCC1C. The molecule has 1 amide bonds. The number of carbonyl (C=O) groups excluding carboxylic acids is 1. The van der Waals surface area contributed by atoms with Gasteiger partial charge in [0.1, 0.15) is 0 Å². The van der Waals surface area contributed by atoms with Gasteiger partial charge in [0.2, 0.25) is 15.9 Å². The summed E-state index contributed by atoms with van der Waals surface area (Å²) in [6.45, 7) is 3.68. The van der Waals surface area contributed by atoms with Crippen LogP contribution in [0.5, 0.6) is 0 Å². The number of amides is 1. The highest BCUT2D eigenvalue weighted by atomic mass is 32.2. The van der Waals surface area contributed by atoms with Crippen LogP contribution in [0.15, 0.2) is 0 Å². The highest BCUT2D eigenvalue weighted by molar-refractivity contribution is 7.89. The number of hydrogen-bond donors (Lipinski definition) is 3. The maximum Gasteiger partial charge on any atom is 0.224 e. The van der Waals surface area contributed by atoms with Crippen LogP contribution in [0.3, 0.4) is 0 Å². The lowest BCUT2D eigenvalue weighted by atomic mass is 9.97. The molecule has 0 aromatic heterocycles. The van der Waals surface area contributed by atoms with E-state index in [4.69, 9.17) is 0 Å². The lowest BCUT2D eigenvalue weighted by Gasteiger charge is -2.13. The zero-order chi connectivity index (χ0) is 12.2. The van der Waals surface area contributed by atoms with Crippen molar-refractivity contribution in [2.24, 2.45) is 11.8 Å². The molecule has 0 radical (unpaired) electrons. The van der Waals surface area contributed by atoms with Crippen molar-refractivity contribution in [1.29, 1.82) is 0 Å². The lowest BCUT2D eigenvalue weighted by molar-refractivity contribution is -0.125. The molecular weight excluding hydrogens is 230 g/mol. The summed E-state index contributed by atoms with van der Waals surface area (Å²) in [5.74, 6) is 0.117. The Bertz CT molecular complexity index is 342. The summed E-state index contributed by atoms with van der Waals surface area (Å²) in [5, 5.41) is 5.78. The smallest absolute Gasteiger partial charge is 0.224 e. The van der Waals surface area contributed by atoms with Crippen LogP contribution >= 0.6 is 0 Å². The molecule has 94 valence electrons. The first-order valence-electron chi connectivity index (χ1n) is 5.36. The van der Waals surface area contributed by atoms with E-state index in [1.807, 2.05) is 6.92 Å². The summed E-state index contributed by atoms with van der Waals surface area (Å²) in [6.07, 6.45) is 0. The van der Waals surface area contributed by atoms with Gasteiger partial charge in [-0.2, -0.15) is 0 Å². The second-order valence-electron chi connectivity index (χ2n) is 4.06. The van der Waals surface area contributed by atoms with Crippen molar-refractivity contribution in [1.82, 2.24) is 15.4 Å². The Balaban J connectivity index is 2.30. The number of hydrogen-bond acceptors (Lipinski definition) is 4. The molecule has 1 fully saturated rings. The molecule has 0 spiro atoms. The Hall–Kier alpha value is -0.660. The van der Waals surface area contributed by atoms with Gasteiger partial charge in [-0.25, -0.2) is 13.1 Å². The fourth-order valence-electron chi connectivity index (χ4n) is 1.70. The van der Waals surface area contributed by atoms with E-state index in [0.717, 1.165) is 6.54 Å². The van der Waals surface area contributed by atoms with Crippen LogP contribution in [0.4, 0.5) is 0 Å². The van der Waals surface area contributed by atoms with Crippen molar-refractivity contribution in [3.63, 3.8) is 0 Å². The molecule has 3 N–H and O–H groups in total. The molecule has 16 heavy (non-hydrogen) atoms. The zero-order valence-corrected chi connectivity index (χ0v) is 10.4. The van der Waals surface area contributed by atoms with Gasteiger partial charge < -0.3 is 10.6 Å². The second kappa shape index (κ2) is 5.60. The lowest BCUT2D eigenvalue weighted by Crippen LogP contribution is -2.38. The van der Waals surface area contributed by atoms with Gasteiger partial charge in [-0.05, 0) is 19.5 Å². The van der Waals surface area contributed by atoms with E-state index in [1.165, 1.54) is 7.05 Å². The van der Waals surface area contributed by atoms with Crippen molar-refractivity contribution >= 4 is 15.9 Å². The molecule has 1 rings (SSSR count). The Morgan fingerprint density at radius 2 is 2.12 bits per heavy atom. The molecule has 2 unspecified atom stereocenters. The van der Waals surface area contributed by atoms with E-state index in [2.05, 4.69) is 15.4 Å². The molecule has 1 aliphatic rings. The topological polar surface area (TPSA) is 87.3 Å². The summed E-state index contributed by atoms with van der Waals surface area (Å²) < 4.78 is 24.4. The maximum atomic E-state index is 11.7. The van der Waals surface area contributed by atoms with E-state index in [-0.39, 0.29) is 24.1 Å². The first kappa shape index (κ1) is 13.4. The minimum absolute atomic E-state index is 0.0442. The van der Waals surface area contributed by atoms with Crippen molar-refractivity contribution < 1.29 is 13.2 Å². The third-order valence-electron chi connectivity index (χ3n) is 2.84. The Labute approximate surface area is 96.2 Å². The van der Waals surface area contributed by atoms with Crippen LogP contribution in [-0.4, -0.2) is 46.8 Å². The molecule has 2 atom stereocenters. The standard InChI is InChI=1S/C9H19N3O3S/c1-7-5-11-6-8(7)9(13)12-3-4-16(14,15)10-2/h7-8,10-11H,3-6H2,1-2H3,(H,12,13). The third-order valence-corrected chi connectivity index (χ3v) is 4.20. The van der Waals surface area contributed by atoms with Crippen molar-refractivity contribution in [2.75, 3.05) is 32.4 Å². The maximum absolute atomic E-state index is 11.7. The first-order valence-corrected chi connectivity index (χ1v) is 7.01. The third kappa shape index (κ3) is 3.73. The molecular formula is C9H19N3O3S. The summed E-state index contributed by atoms with van der Waals surface area (Å²) in [6, 6.07) is 0. The highest BCUT2D eigenvalue weighted by Gasteiger charge is 2.29. The Morgan fingerprint density at radius 3 is 2.62 bits per heavy atom. The van der Waals surface area contributed by atoms with Gasteiger partial charge >= 0.3 is 0 Å². The molecule has 7 heteroatoms. The van der Waals surface area contributed by atoms with E-state index in [9.17, 15) is 13.2 Å². The van der Waals surface area contributed by atoms with Gasteiger partial charge in [-0.3, -0.25) is 4.79 Å². The second-order valence-corrected chi connectivity index (χ2v) is 6.10. The molecule has 1 saturated heterocycles. The van der Waals surface area contributed by atoms with Gasteiger partial charge in [0.25, 0.3) is 0 Å². The monoisotopic (exact) mass is 249 g/mol. The average molecular weight is 249 g/mol. The number of rotatable bonds is 5. The predicted octanol–water partition coefficient (Wildman–Crippen LogP) is -1.49. The molecule has 1 heterocycles. The molecule has 0 aromatic carbocycles. The Morgan fingerprint density at radius 1 is 1.44 bits per heavy atom. The van der Waals surface area contributed by atoms with Gasteiger partial charge in [0.15, 0.2) is 0 Å². The quantitative estimate of drug-likeness (QED) is 0.554. The number of carbonyl (C=O) groups is 1. The molecule has 0 bridgehead atoms. The van der Waals surface area contributed by atoms with Gasteiger partial charge in [-0.1, -0.05) is 6.92 Å². The van der Waals surface area contributed by atoms with E-state index in [1.54, 1.807) is 0 Å². The first-order chi connectivity index (χ1) is 7.46.